The second-order valence-electron chi connectivity index (χ2n) is 2.99. The van der Waals surface area contributed by atoms with Crippen LogP contribution >= 0.6 is 11.6 Å². The number of hydrogen-bond donors (Lipinski definition) is 2. The molecule has 0 saturated heterocycles. The molecule has 0 amide bonds. The number of rotatable bonds is 5. The van der Waals surface area contributed by atoms with Crippen molar-refractivity contribution < 1.29 is 4.74 Å². The molecule has 3 N–H and O–H groups in total. The lowest BCUT2D eigenvalue weighted by Crippen LogP contribution is -2.23. The lowest BCUT2D eigenvalue weighted by atomic mass is 10.4. The molecule has 0 spiro atoms. The molecule has 0 bridgehead atoms. The average Bonchev–Trinajstić information content (AvgIpc) is 2.13. The Bertz CT molecular complexity index is 302. The largest absolute Gasteiger partial charge is 0.380 e. The average molecular weight is 232 g/mol. The Morgan fingerprint density at radius 1 is 1.47 bits per heavy atom. The summed E-state index contributed by atoms with van der Waals surface area (Å²) in [6.45, 7) is 5.12. The Kier molecular flexibility index (Phi) is 4.51. The molecule has 1 aromatic heterocycles. The van der Waals surface area contributed by atoms with Gasteiger partial charge in [-0.2, -0.15) is 15.0 Å². The summed E-state index contributed by atoms with van der Waals surface area (Å²) in [7, 11) is 0. The molecule has 6 nitrogen and oxygen atoms in total. The molecule has 0 aliphatic carbocycles. The van der Waals surface area contributed by atoms with Crippen LogP contribution in [-0.2, 0) is 4.74 Å². The fourth-order valence-corrected chi connectivity index (χ4v) is 1.15. The Morgan fingerprint density at radius 3 is 2.80 bits per heavy atom. The Hall–Kier alpha value is -1.14. The topological polar surface area (TPSA) is 86.0 Å². The first kappa shape index (κ1) is 11.9. The van der Waals surface area contributed by atoms with Crippen LogP contribution in [0.3, 0.4) is 0 Å². The van der Waals surface area contributed by atoms with Crippen molar-refractivity contribution in [2.24, 2.45) is 0 Å². The Morgan fingerprint density at radius 2 is 2.20 bits per heavy atom. The zero-order valence-corrected chi connectivity index (χ0v) is 9.45. The smallest absolute Gasteiger partial charge is 0.229 e. The van der Waals surface area contributed by atoms with E-state index >= 15 is 0 Å². The van der Waals surface area contributed by atoms with E-state index in [1.54, 1.807) is 0 Å². The summed E-state index contributed by atoms with van der Waals surface area (Å²) in [5, 5.41) is 3.08. The first-order valence-corrected chi connectivity index (χ1v) is 5.01. The second-order valence-corrected chi connectivity index (χ2v) is 3.33. The predicted octanol–water partition coefficient (Wildman–Crippen LogP) is 0.944. The van der Waals surface area contributed by atoms with Gasteiger partial charge in [-0.1, -0.05) is 0 Å². The van der Waals surface area contributed by atoms with Crippen LogP contribution in [0.2, 0.25) is 5.28 Å². The highest BCUT2D eigenvalue weighted by Crippen LogP contribution is 2.07. The van der Waals surface area contributed by atoms with Gasteiger partial charge in [0.25, 0.3) is 0 Å². The zero-order chi connectivity index (χ0) is 11.3. The molecule has 1 unspecified atom stereocenters. The summed E-state index contributed by atoms with van der Waals surface area (Å²) in [5.41, 5.74) is 5.42. The molecule has 1 aromatic rings. The van der Waals surface area contributed by atoms with Crippen molar-refractivity contribution in [3.63, 3.8) is 0 Å². The number of nitrogens with zero attached hydrogens (tertiary/aromatic N) is 3. The van der Waals surface area contributed by atoms with E-state index in [1.165, 1.54) is 0 Å². The van der Waals surface area contributed by atoms with Gasteiger partial charge in [-0.25, -0.2) is 0 Å². The van der Waals surface area contributed by atoms with Crippen molar-refractivity contribution in [1.29, 1.82) is 0 Å². The van der Waals surface area contributed by atoms with Crippen molar-refractivity contribution in [1.82, 2.24) is 15.0 Å². The van der Waals surface area contributed by atoms with Gasteiger partial charge in [0.1, 0.15) is 0 Å². The Balaban J connectivity index is 2.56. The summed E-state index contributed by atoms with van der Waals surface area (Å²) >= 11 is 5.62. The molecule has 1 heterocycles. The summed E-state index contributed by atoms with van der Waals surface area (Å²) in [6, 6.07) is 0.0859. The molecule has 0 radical (unpaired) electrons. The molecule has 1 atom stereocenters. The van der Waals surface area contributed by atoms with Crippen LogP contribution in [-0.4, -0.2) is 34.2 Å². The van der Waals surface area contributed by atoms with Gasteiger partial charge in [0, 0.05) is 12.6 Å². The summed E-state index contributed by atoms with van der Waals surface area (Å²) < 4.78 is 5.23. The van der Waals surface area contributed by atoms with Crippen molar-refractivity contribution >= 4 is 23.5 Å². The summed E-state index contributed by atoms with van der Waals surface area (Å²) in [4.78, 5) is 11.4. The number of nitrogens with one attached hydrogen (secondary N) is 1. The lowest BCUT2D eigenvalue weighted by molar-refractivity contribution is 0.141. The third-order valence-electron chi connectivity index (χ3n) is 1.57. The van der Waals surface area contributed by atoms with Gasteiger partial charge in [0.2, 0.25) is 17.2 Å². The normalized spacial score (nSPS) is 12.5. The quantitative estimate of drug-likeness (QED) is 0.785. The minimum atomic E-state index is 0.0774. The van der Waals surface area contributed by atoms with E-state index in [-0.39, 0.29) is 17.3 Å². The monoisotopic (exact) mass is 231 g/mol. The van der Waals surface area contributed by atoms with E-state index in [0.717, 1.165) is 0 Å². The molecule has 0 aliphatic rings. The van der Waals surface area contributed by atoms with Crippen molar-refractivity contribution in [2.75, 3.05) is 24.3 Å². The molecule has 15 heavy (non-hydrogen) atoms. The Labute approximate surface area is 93.2 Å². The molecule has 7 heteroatoms. The number of ether oxygens (including phenoxy) is 1. The number of nitrogen functional groups attached to an aromatic ring is 1. The molecule has 0 saturated carbocycles. The first-order valence-electron chi connectivity index (χ1n) is 4.63. The van der Waals surface area contributed by atoms with E-state index in [1.807, 2.05) is 13.8 Å². The maximum absolute atomic E-state index is 5.62. The van der Waals surface area contributed by atoms with Crippen molar-refractivity contribution in [3.8, 4) is 0 Å². The number of halogens is 1. The van der Waals surface area contributed by atoms with Crippen LogP contribution < -0.4 is 11.1 Å². The second kappa shape index (κ2) is 5.67. The molecule has 84 valence electrons. The third-order valence-corrected chi connectivity index (χ3v) is 1.74. The number of anilines is 2. The fraction of sp³-hybridized carbons (Fsp3) is 0.625. The van der Waals surface area contributed by atoms with Gasteiger partial charge in [-0.15, -0.1) is 0 Å². The van der Waals surface area contributed by atoms with E-state index in [9.17, 15) is 0 Å². The van der Waals surface area contributed by atoms with Crippen LogP contribution in [0.5, 0.6) is 0 Å². The molecule has 1 rings (SSSR count). The minimum absolute atomic E-state index is 0.0774. The zero-order valence-electron chi connectivity index (χ0n) is 8.70. The maximum Gasteiger partial charge on any atom is 0.229 e. The number of aromatic nitrogens is 3. The SMILES string of the molecule is CCOCC(C)Nc1nc(N)nc(Cl)n1. The van der Waals surface area contributed by atoms with Crippen LogP contribution in [0.1, 0.15) is 13.8 Å². The van der Waals surface area contributed by atoms with E-state index in [2.05, 4.69) is 20.3 Å². The van der Waals surface area contributed by atoms with Gasteiger partial charge < -0.3 is 15.8 Å². The fourth-order valence-electron chi connectivity index (χ4n) is 0.987. The van der Waals surface area contributed by atoms with Crippen molar-refractivity contribution in [2.45, 2.75) is 19.9 Å². The van der Waals surface area contributed by atoms with Gasteiger partial charge in [-0.05, 0) is 25.4 Å². The first-order chi connectivity index (χ1) is 7.11. The van der Waals surface area contributed by atoms with Crippen LogP contribution in [0.15, 0.2) is 0 Å². The standard InChI is InChI=1S/C8H14ClN5O/c1-3-15-4-5(2)11-8-13-6(9)12-7(10)14-8/h5H,3-4H2,1-2H3,(H3,10,11,12,13,14). The predicted molar refractivity (Wildman–Crippen MR) is 58.8 cm³/mol. The van der Waals surface area contributed by atoms with Gasteiger partial charge in [0.05, 0.1) is 6.61 Å². The van der Waals surface area contributed by atoms with E-state index in [4.69, 9.17) is 22.1 Å². The highest BCUT2D eigenvalue weighted by atomic mass is 35.5. The van der Waals surface area contributed by atoms with Crippen LogP contribution in [0.4, 0.5) is 11.9 Å². The number of hydrogen-bond acceptors (Lipinski definition) is 6. The maximum atomic E-state index is 5.62. The van der Waals surface area contributed by atoms with Gasteiger partial charge in [0.15, 0.2) is 0 Å². The molecule has 0 fully saturated rings. The summed E-state index contributed by atoms with van der Waals surface area (Å²) in [5.74, 6) is 0.459. The number of nitrogens with two attached hydrogens (primary N) is 1. The molecular weight excluding hydrogens is 218 g/mol. The van der Waals surface area contributed by atoms with Crippen LogP contribution in [0, 0.1) is 0 Å². The van der Waals surface area contributed by atoms with Crippen LogP contribution in [0.25, 0.3) is 0 Å². The molecule has 0 aromatic carbocycles. The molecule has 0 aliphatic heterocycles. The van der Waals surface area contributed by atoms with E-state index < -0.39 is 0 Å². The minimum Gasteiger partial charge on any atom is -0.380 e. The van der Waals surface area contributed by atoms with Gasteiger partial charge >= 0.3 is 0 Å². The van der Waals surface area contributed by atoms with E-state index in [0.29, 0.717) is 19.2 Å². The highest BCUT2D eigenvalue weighted by molar-refractivity contribution is 6.28. The molecular formula is C8H14ClN5O. The van der Waals surface area contributed by atoms with Crippen molar-refractivity contribution in [3.05, 3.63) is 5.28 Å². The highest BCUT2D eigenvalue weighted by Gasteiger charge is 2.06. The third kappa shape index (κ3) is 4.26. The summed E-state index contributed by atoms with van der Waals surface area (Å²) in [6.07, 6.45) is 0. The van der Waals surface area contributed by atoms with Gasteiger partial charge in [-0.3, -0.25) is 0 Å². The lowest BCUT2D eigenvalue weighted by Gasteiger charge is -2.13.